The highest BCUT2D eigenvalue weighted by molar-refractivity contribution is 7.10. The van der Waals surface area contributed by atoms with Crippen LogP contribution >= 0.6 is 11.3 Å². The number of rotatable bonds is 4. The fourth-order valence-corrected chi connectivity index (χ4v) is 3.78. The van der Waals surface area contributed by atoms with Crippen LogP contribution in [0.4, 0.5) is 5.88 Å². The maximum absolute atomic E-state index is 12.3. The summed E-state index contributed by atoms with van der Waals surface area (Å²) in [5.74, 6) is 1.01. The van der Waals surface area contributed by atoms with Gasteiger partial charge in [-0.15, -0.1) is 11.3 Å². The number of likely N-dealkylation sites (tertiary alicyclic amines) is 1. The van der Waals surface area contributed by atoms with E-state index in [9.17, 15) is 4.79 Å². The van der Waals surface area contributed by atoms with Crippen molar-refractivity contribution in [1.82, 2.24) is 10.1 Å². The van der Waals surface area contributed by atoms with E-state index in [1.807, 2.05) is 22.4 Å². The molecule has 0 aliphatic carbocycles. The summed E-state index contributed by atoms with van der Waals surface area (Å²) in [5.41, 5.74) is 7.84. The molecule has 0 aromatic carbocycles. The molecule has 2 aromatic heterocycles. The third kappa shape index (κ3) is 3.02. The van der Waals surface area contributed by atoms with Crippen LogP contribution < -0.4 is 5.73 Å². The molecule has 1 saturated heterocycles. The Morgan fingerprint density at radius 3 is 2.91 bits per heavy atom. The maximum atomic E-state index is 12.3. The number of nitrogen functional groups attached to an aromatic ring is 1. The Bertz CT molecular complexity index is 628. The summed E-state index contributed by atoms with van der Waals surface area (Å²) in [6.45, 7) is 3.63. The zero-order valence-corrected chi connectivity index (χ0v) is 13.6. The summed E-state index contributed by atoms with van der Waals surface area (Å²) >= 11 is 1.64. The van der Waals surface area contributed by atoms with Crippen LogP contribution in [0.15, 0.2) is 22.0 Å². The quantitative estimate of drug-likeness (QED) is 0.940. The van der Waals surface area contributed by atoms with Gasteiger partial charge in [0.25, 0.3) is 0 Å². The van der Waals surface area contributed by atoms with Gasteiger partial charge < -0.3 is 15.2 Å². The van der Waals surface area contributed by atoms with Crippen molar-refractivity contribution in [1.29, 1.82) is 0 Å². The minimum atomic E-state index is 0.219. The summed E-state index contributed by atoms with van der Waals surface area (Å²) < 4.78 is 5.13. The third-order valence-electron chi connectivity index (χ3n) is 4.34. The van der Waals surface area contributed by atoms with Crippen molar-refractivity contribution in [3.05, 3.63) is 33.6 Å². The molecule has 0 bridgehead atoms. The summed E-state index contributed by atoms with van der Waals surface area (Å²) in [6.07, 6.45) is 3.20. The van der Waals surface area contributed by atoms with Crippen molar-refractivity contribution >= 4 is 23.1 Å². The van der Waals surface area contributed by atoms with Gasteiger partial charge in [0.15, 0.2) is 0 Å². The lowest BCUT2D eigenvalue weighted by atomic mass is 9.90. The summed E-state index contributed by atoms with van der Waals surface area (Å²) in [4.78, 5) is 15.4. The van der Waals surface area contributed by atoms with Gasteiger partial charge >= 0.3 is 0 Å². The number of thiophene rings is 1. The zero-order chi connectivity index (χ0) is 15.5. The number of amides is 1. The highest BCUT2D eigenvalue weighted by Gasteiger charge is 2.28. The first-order valence-corrected chi connectivity index (χ1v) is 8.61. The van der Waals surface area contributed by atoms with Crippen molar-refractivity contribution in [3.8, 4) is 0 Å². The van der Waals surface area contributed by atoms with E-state index < -0.39 is 0 Å². The molecule has 3 rings (SSSR count). The van der Waals surface area contributed by atoms with Crippen molar-refractivity contribution in [2.45, 2.75) is 38.5 Å². The highest BCUT2D eigenvalue weighted by atomic mass is 32.1. The lowest BCUT2D eigenvalue weighted by Gasteiger charge is -2.31. The van der Waals surface area contributed by atoms with Gasteiger partial charge in [-0.1, -0.05) is 18.1 Å². The number of hydrogen-bond acceptors (Lipinski definition) is 5. The molecule has 3 heterocycles. The van der Waals surface area contributed by atoms with E-state index in [-0.39, 0.29) is 5.91 Å². The van der Waals surface area contributed by atoms with Crippen LogP contribution in [0.2, 0.25) is 0 Å². The second kappa shape index (κ2) is 6.52. The number of aromatic nitrogens is 1. The second-order valence-electron chi connectivity index (χ2n) is 5.68. The number of piperidine rings is 1. The lowest BCUT2D eigenvalue weighted by Crippen LogP contribution is -2.38. The van der Waals surface area contributed by atoms with Crippen LogP contribution in [0.25, 0.3) is 0 Å². The summed E-state index contributed by atoms with van der Waals surface area (Å²) in [7, 11) is 0. The molecule has 0 atom stereocenters. The molecule has 118 valence electrons. The number of hydrogen-bond donors (Lipinski definition) is 1. The van der Waals surface area contributed by atoms with Gasteiger partial charge in [-0.25, -0.2) is 0 Å². The smallest absolute Gasteiger partial charge is 0.227 e. The van der Waals surface area contributed by atoms with E-state index >= 15 is 0 Å². The molecular formula is C16H21N3O2S. The third-order valence-corrected chi connectivity index (χ3v) is 5.22. The summed E-state index contributed by atoms with van der Waals surface area (Å²) in [6, 6.07) is 4.00. The fraction of sp³-hybridized carbons (Fsp3) is 0.500. The Labute approximate surface area is 134 Å². The predicted molar refractivity (Wildman–Crippen MR) is 86.9 cm³/mol. The number of carbonyl (C=O) groups is 1. The monoisotopic (exact) mass is 319 g/mol. The van der Waals surface area contributed by atoms with Gasteiger partial charge in [-0.3, -0.25) is 4.79 Å². The van der Waals surface area contributed by atoms with Crippen LogP contribution in [-0.2, 0) is 17.6 Å². The van der Waals surface area contributed by atoms with E-state index in [4.69, 9.17) is 10.3 Å². The van der Waals surface area contributed by atoms with Crippen molar-refractivity contribution < 1.29 is 9.32 Å². The molecule has 1 aliphatic heterocycles. The van der Waals surface area contributed by atoms with Crippen LogP contribution in [0.5, 0.6) is 0 Å². The minimum absolute atomic E-state index is 0.219. The molecule has 1 aliphatic rings. The molecule has 0 radical (unpaired) electrons. The van der Waals surface area contributed by atoms with Gasteiger partial charge in [-0.2, -0.15) is 0 Å². The normalized spacial score (nSPS) is 16.1. The number of carbonyl (C=O) groups excluding carboxylic acids is 1. The Balaban J connectivity index is 1.59. The standard InChI is InChI=1S/C16H21N3O2S/c1-2-13-15(18-21-16(13)17)11-5-7-19(8-6-11)14(20)10-12-4-3-9-22-12/h3-4,9,11H,2,5-8,10,17H2,1H3. The Morgan fingerprint density at radius 1 is 1.50 bits per heavy atom. The maximum Gasteiger partial charge on any atom is 0.227 e. The average molecular weight is 319 g/mol. The first-order chi connectivity index (χ1) is 10.7. The molecule has 1 amide bonds. The van der Waals surface area contributed by atoms with Gasteiger partial charge in [0, 0.05) is 29.4 Å². The summed E-state index contributed by atoms with van der Waals surface area (Å²) in [5, 5.41) is 6.15. The first-order valence-electron chi connectivity index (χ1n) is 7.73. The van der Waals surface area contributed by atoms with E-state index in [2.05, 4.69) is 12.1 Å². The Hall–Kier alpha value is -1.82. The first kappa shape index (κ1) is 15.1. The average Bonchev–Trinajstić information content (AvgIpc) is 3.16. The van der Waals surface area contributed by atoms with Gasteiger partial charge in [-0.05, 0) is 30.7 Å². The van der Waals surface area contributed by atoms with Crippen LogP contribution in [0, 0.1) is 0 Å². The Morgan fingerprint density at radius 2 is 2.27 bits per heavy atom. The van der Waals surface area contributed by atoms with Crippen molar-refractivity contribution in [2.24, 2.45) is 0 Å². The molecule has 5 nitrogen and oxygen atoms in total. The van der Waals surface area contributed by atoms with E-state index in [1.54, 1.807) is 11.3 Å². The van der Waals surface area contributed by atoms with Crippen molar-refractivity contribution in [2.75, 3.05) is 18.8 Å². The predicted octanol–water partition coefficient (Wildman–Crippen LogP) is 2.83. The van der Waals surface area contributed by atoms with Gasteiger partial charge in [0.05, 0.1) is 12.1 Å². The highest BCUT2D eigenvalue weighted by Crippen LogP contribution is 2.32. The van der Waals surface area contributed by atoms with Crippen LogP contribution in [0.1, 0.15) is 41.8 Å². The lowest BCUT2D eigenvalue weighted by molar-refractivity contribution is -0.131. The van der Waals surface area contributed by atoms with Gasteiger partial charge in [0.1, 0.15) is 0 Å². The largest absolute Gasteiger partial charge is 0.367 e. The topological polar surface area (TPSA) is 72.4 Å². The fourth-order valence-electron chi connectivity index (χ4n) is 3.09. The molecule has 1 fully saturated rings. The van der Waals surface area contributed by atoms with E-state index in [0.29, 0.717) is 18.2 Å². The molecule has 22 heavy (non-hydrogen) atoms. The van der Waals surface area contributed by atoms with E-state index in [0.717, 1.165) is 48.5 Å². The molecule has 2 N–H and O–H groups in total. The SMILES string of the molecule is CCc1c(C2CCN(C(=O)Cc3cccs3)CC2)noc1N. The molecule has 6 heteroatoms. The van der Waals surface area contributed by atoms with Gasteiger partial charge in [0.2, 0.25) is 11.8 Å². The molecule has 2 aromatic rings. The minimum Gasteiger partial charge on any atom is -0.367 e. The van der Waals surface area contributed by atoms with Crippen LogP contribution in [-0.4, -0.2) is 29.1 Å². The molecule has 0 unspecified atom stereocenters. The Kier molecular flexibility index (Phi) is 4.47. The van der Waals surface area contributed by atoms with E-state index in [1.165, 1.54) is 0 Å². The molecule has 0 spiro atoms. The molecule has 0 saturated carbocycles. The van der Waals surface area contributed by atoms with Crippen LogP contribution in [0.3, 0.4) is 0 Å². The number of nitrogens with two attached hydrogens (primary N) is 1. The number of anilines is 1. The zero-order valence-electron chi connectivity index (χ0n) is 12.7. The molecular weight excluding hydrogens is 298 g/mol. The number of nitrogens with zero attached hydrogens (tertiary/aromatic N) is 2. The van der Waals surface area contributed by atoms with Crippen molar-refractivity contribution in [3.63, 3.8) is 0 Å². The second-order valence-corrected chi connectivity index (χ2v) is 6.71.